The van der Waals surface area contributed by atoms with Gasteiger partial charge in [0.15, 0.2) is 5.78 Å². The quantitative estimate of drug-likeness (QED) is 0.357. The van der Waals surface area contributed by atoms with Gasteiger partial charge in [-0.25, -0.2) is 0 Å². The molecule has 0 bridgehead atoms. The Morgan fingerprint density at radius 2 is 1.44 bits per heavy atom. The van der Waals surface area contributed by atoms with Gasteiger partial charge in [0.25, 0.3) is 5.97 Å². The number of ketones is 1. The fourth-order valence-electron chi connectivity index (χ4n) is 3.41. The molecule has 1 heterocycles. The first-order valence-electron chi connectivity index (χ1n) is 10.6. The lowest BCUT2D eigenvalue weighted by Gasteiger charge is -2.41. The molecule has 0 amide bonds. The van der Waals surface area contributed by atoms with E-state index in [1.807, 2.05) is 0 Å². The van der Waals surface area contributed by atoms with Crippen molar-refractivity contribution in [1.29, 1.82) is 0 Å². The van der Waals surface area contributed by atoms with Crippen molar-refractivity contribution in [3.63, 3.8) is 0 Å². The Bertz CT molecular complexity index is 333. The maximum Gasteiger partial charge on any atom is 0.286 e. The Labute approximate surface area is 155 Å². The van der Waals surface area contributed by atoms with Gasteiger partial charge in [-0.3, -0.25) is 4.79 Å². The van der Waals surface area contributed by atoms with E-state index >= 15 is 0 Å². The Morgan fingerprint density at radius 1 is 0.880 bits per heavy atom. The van der Waals surface area contributed by atoms with Gasteiger partial charge in [0.2, 0.25) is 0 Å². The van der Waals surface area contributed by atoms with E-state index in [-0.39, 0.29) is 24.9 Å². The normalized spacial score (nSPS) is 18.4. The van der Waals surface area contributed by atoms with Gasteiger partial charge in [-0.1, -0.05) is 78.6 Å². The molecule has 4 nitrogen and oxygen atoms in total. The summed E-state index contributed by atoms with van der Waals surface area (Å²) in [5.74, 6) is -0.815. The average molecular weight is 357 g/mol. The van der Waals surface area contributed by atoms with E-state index < -0.39 is 5.97 Å². The molecule has 1 fully saturated rings. The molecule has 1 unspecified atom stereocenters. The van der Waals surface area contributed by atoms with E-state index in [9.17, 15) is 4.79 Å². The van der Waals surface area contributed by atoms with E-state index in [1.54, 1.807) is 0 Å². The highest BCUT2D eigenvalue weighted by atomic mass is 16.9. The van der Waals surface area contributed by atoms with Gasteiger partial charge in [0, 0.05) is 5.92 Å². The van der Waals surface area contributed by atoms with Gasteiger partial charge in [0.05, 0.1) is 6.61 Å². The second-order valence-corrected chi connectivity index (χ2v) is 7.29. The van der Waals surface area contributed by atoms with Crippen LogP contribution in [0.4, 0.5) is 0 Å². The van der Waals surface area contributed by atoms with Crippen molar-refractivity contribution in [2.45, 2.75) is 104 Å². The number of rotatable bonds is 15. The standard InChI is InChI=1S/C21H40O4/c1-4-7-9-10-11-12-13-14-16-23-21(19(6-3)15-8-5-2)24-17-20(22)18-25-21/h19H,4-18H2,1-3H3. The van der Waals surface area contributed by atoms with Crippen LogP contribution in [0.1, 0.15) is 97.8 Å². The molecule has 0 N–H and O–H groups in total. The molecule has 0 radical (unpaired) electrons. The summed E-state index contributed by atoms with van der Waals surface area (Å²) < 4.78 is 17.7. The van der Waals surface area contributed by atoms with Crippen LogP contribution in [-0.2, 0) is 19.0 Å². The number of hydrogen-bond acceptors (Lipinski definition) is 4. The summed E-state index contributed by atoms with van der Waals surface area (Å²) in [6.45, 7) is 7.45. The molecule has 25 heavy (non-hydrogen) atoms. The second-order valence-electron chi connectivity index (χ2n) is 7.29. The van der Waals surface area contributed by atoms with Crippen LogP contribution in [0.3, 0.4) is 0 Å². The van der Waals surface area contributed by atoms with E-state index in [1.165, 1.54) is 44.9 Å². The zero-order chi connectivity index (χ0) is 18.4. The topological polar surface area (TPSA) is 44.8 Å². The van der Waals surface area contributed by atoms with Crippen molar-refractivity contribution < 1.29 is 19.0 Å². The van der Waals surface area contributed by atoms with Crippen LogP contribution < -0.4 is 0 Å². The summed E-state index contributed by atoms with van der Waals surface area (Å²) in [5.41, 5.74) is 0. The molecule has 1 atom stereocenters. The first-order chi connectivity index (χ1) is 12.2. The molecule has 1 aliphatic heterocycles. The lowest BCUT2D eigenvalue weighted by atomic mass is 9.96. The van der Waals surface area contributed by atoms with Gasteiger partial charge < -0.3 is 14.2 Å². The van der Waals surface area contributed by atoms with Crippen LogP contribution in [0.2, 0.25) is 0 Å². The van der Waals surface area contributed by atoms with Crippen molar-refractivity contribution in [2.24, 2.45) is 5.92 Å². The summed E-state index contributed by atoms with van der Waals surface area (Å²) >= 11 is 0. The molecular formula is C21H40O4. The number of carbonyl (C=O) groups is 1. The van der Waals surface area contributed by atoms with E-state index in [0.29, 0.717) is 6.61 Å². The van der Waals surface area contributed by atoms with E-state index in [0.717, 1.165) is 32.1 Å². The molecule has 1 aliphatic rings. The number of ether oxygens (including phenoxy) is 3. The molecule has 1 saturated heterocycles. The van der Waals surface area contributed by atoms with Crippen molar-refractivity contribution >= 4 is 5.78 Å². The third-order valence-electron chi connectivity index (χ3n) is 5.07. The van der Waals surface area contributed by atoms with Gasteiger partial charge in [0.1, 0.15) is 13.2 Å². The summed E-state index contributed by atoms with van der Waals surface area (Å²) in [4.78, 5) is 11.5. The molecule has 0 aliphatic carbocycles. The van der Waals surface area contributed by atoms with Crippen LogP contribution in [0, 0.1) is 5.92 Å². The van der Waals surface area contributed by atoms with Gasteiger partial charge >= 0.3 is 0 Å². The predicted molar refractivity (Wildman–Crippen MR) is 102 cm³/mol. The smallest absolute Gasteiger partial charge is 0.286 e. The maximum atomic E-state index is 11.5. The van der Waals surface area contributed by atoms with Crippen molar-refractivity contribution in [3.05, 3.63) is 0 Å². The fourth-order valence-corrected chi connectivity index (χ4v) is 3.41. The first kappa shape index (κ1) is 22.6. The summed E-state index contributed by atoms with van der Waals surface area (Å²) in [5, 5.41) is 0. The Morgan fingerprint density at radius 3 is 2.00 bits per heavy atom. The van der Waals surface area contributed by atoms with Crippen LogP contribution in [0.15, 0.2) is 0 Å². The lowest BCUT2D eigenvalue weighted by molar-refractivity contribution is -0.411. The minimum Gasteiger partial charge on any atom is -0.327 e. The van der Waals surface area contributed by atoms with Crippen LogP contribution in [0.25, 0.3) is 0 Å². The van der Waals surface area contributed by atoms with Crippen molar-refractivity contribution in [1.82, 2.24) is 0 Å². The monoisotopic (exact) mass is 356 g/mol. The Balaban J connectivity index is 2.35. The first-order valence-corrected chi connectivity index (χ1v) is 10.6. The molecule has 4 heteroatoms. The van der Waals surface area contributed by atoms with Gasteiger partial charge in [-0.2, -0.15) is 0 Å². The molecule has 1 rings (SSSR count). The SMILES string of the molecule is CCCCCCCCCCOC1(C(CC)CCCC)OCC(=O)CO1. The molecule has 148 valence electrons. The Kier molecular flexibility index (Phi) is 12.4. The van der Waals surface area contributed by atoms with Gasteiger partial charge in [-0.15, -0.1) is 0 Å². The number of carbonyl (C=O) groups excluding carboxylic acids is 1. The predicted octanol–water partition coefficient (Wildman–Crippen LogP) is 5.63. The summed E-state index contributed by atoms with van der Waals surface area (Å²) in [6.07, 6.45) is 14.4. The highest BCUT2D eigenvalue weighted by Gasteiger charge is 2.44. The molecule has 0 saturated carbocycles. The third-order valence-corrected chi connectivity index (χ3v) is 5.07. The molecular weight excluding hydrogens is 316 g/mol. The van der Waals surface area contributed by atoms with E-state index in [2.05, 4.69) is 20.8 Å². The molecule has 0 aromatic heterocycles. The average Bonchev–Trinajstić information content (AvgIpc) is 2.63. The Hall–Kier alpha value is -0.450. The number of Topliss-reactive ketones (excluding diaryl/α,β-unsaturated/α-hetero) is 1. The highest BCUT2D eigenvalue weighted by molar-refractivity contribution is 5.81. The second kappa shape index (κ2) is 13.7. The highest BCUT2D eigenvalue weighted by Crippen LogP contribution is 2.34. The van der Waals surface area contributed by atoms with Crippen molar-refractivity contribution in [3.8, 4) is 0 Å². The third kappa shape index (κ3) is 8.65. The molecule has 0 spiro atoms. The summed E-state index contributed by atoms with van der Waals surface area (Å²) in [7, 11) is 0. The summed E-state index contributed by atoms with van der Waals surface area (Å²) in [6, 6.07) is 0. The lowest BCUT2D eigenvalue weighted by Crippen LogP contribution is -2.52. The maximum absolute atomic E-state index is 11.5. The van der Waals surface area contributed by atoms with Crippen LogP contribution in [-0.4, -0.2) is 31.6 Å². The van der Waals surface area contributed by atoms with Gasteiger partial charge in [-0.05, 0) is 19.3 Å². The van der Waals surface area contributed by atoms with Crippen LogP contribution in [0.5, 0.6) is 0 Å². The largest absolute Gasteiger partial charge is 0.327 e. The zero-order valence-corrected chi connectivity index (χ0v) is 16.8. The fraction of sp³-hybridized carbons (Fsp3) is 0.952. The number of hydrogen-bond donors (Lipinski definition) is 0. The number of unbranched alkanes of at least 4 members (excludes halogenated alkanes) is 8. The zero-order valence-electron chi connectivity index (χ0n) is 16.8. The molecule has 0 aromatic rings. The van der Waals surface area contributed by atoms with E-state index in [4.69, 9.17) is 14.2 Å². The minimum absolute atomic E-state index is 0.00310. The van der Waals surface area contributed by atoms with Crippen molar-refractivity contribution in [2.75, 3.05) is 19.8 Å². The van der Waals surface area contributed by atoms with Crippen LogP contribution >= 0.6 is 0 Å². The molecule has 0 aromatic carbocycles. The minimum atomic E-state index is -1.00.